The number of nitrogens with zero attached hydrogens (tertiary/aromatic N) is 2. The molecule has 0 aliphatic rings. The summed E-state index contributed by atoms with van der Waals surface area (Å²) < 4.78 is 1.33. The van der Waals surface area contributed by atoms with Crippen molar-refractivity contribution in [1.82, 2.24) is 9.78 Å². The minimum absolute atomic E-state index is 0.721. The van der Waals surface area contributed by atoms with Gasteiger partial charge in [-0.15, -0.1) is 0 Å². The van der Waals surface area contributed by atoms with E-state index in [1.165, 1.54) is 10.2 Å². The fraction of sp³-hybridized carbons (Fsp3) is 0.500. The Bertz CT molecular complexity index is 231. The van der Waals surface area contributed by atoms with E-state index in [4.69, 9.17) is 0 Å². The SMILES string of the molecule is CCc1cn(C=O)nc1CC. The van der Waals surface area contributed by atoms with Crippen LogP contribution in [0.15, 0.2) is 6.20 Å². The van der Waals surface area contributed by atoms with Gasteiger partial charge in [0.1, 0.15) is 0 Å². The first kappa shape index (κ1) is 7.98. The van der Waals surface area contributed by atoms with Crippen molar-refractivity contribution in [2.24, 2.45) is 0 Å². The van der Waals surface area contributed by atoms with Crippen molar-refractivity contribution in [3.05, 3.63) is 17.5 Å². The fourth-order valence-electron chi connectivity index (χ4n) is 1.11. The Kier molecular flexibility index (Phi) is 2.41. The van der Waals surface area contributed by atoms with Crippen LogP contribution in [0.3, 0.4) is 0 Å². The molecule has 0 fully saturated rings. The molecule has 11 heavy (non-hydrogen) atoms. The summed E-state index contributed by atoms with van der Waals surface area (Å²) in [5.41, 5.74) is 2.19. The van der Waals surface area contributed by atoms with Crippen molar-refractivity contribution in [3.8, 4) is 0 Å². The van der Waals surface area contributed by atoms with Crippen LogP contribution in [-0.2, 0) is 17.6 Å². The van der Waals surface area contributed by atoms with Gasteiger partial charge in [-0.05, 0) is 18.4 Å². The molecule has 0 bridgehead atoms. The molecule has 0 radical (unpaired) electrons. The van der Waals surface area contributed by atoms with E-state index in [-0.39, 0.29) is 0 Å². The Hall–Kier alpha value is -1.12. The van der Waals surface area contributed by atoms with Gasteiger partial charge in [0.2, 0.25) is 6.41 Å². The van der Waals surface area contributed by atoms with Crippen LogP contribution in [0.5, 0.6) is 0 Å². The highest BCUT2D eigenvalue weighted by Crippen LogP contribution is 2.06. The minimum Gasteiger partial charge on any atom is -0.276 e. The van der Waals surface area contributed by atoms with Gasteiger partial charge < -0.3 is 0 Å². The Balaban J connectivity index is 3.01. The summed E-state index contributed by atoms with van der Waals surface area (Å²) in [7, 11) is 0. The predicted octanol–water partition coefficient (Wildman–Crippen LogP) is 1.05. The van der Waals surface area contributed by atoms with E-state index in [9.17, 15) is 4.79 Å². The number of hydrogen-bond donors (Lipinski definition) is 0. The topological polar surface area (TPSA) is 34.9 Å². The number of hydrogen-bond acceptors (Lipinski definition) is 2. The van der Waals surface area contributed by atoms with Crippen LogP contribution in [0.2, 0.25) is 0 Å². The summed E-state index contributed by atoms with van der Waals surface area (Å²) in [4.78, 5) is 10.3. The molecular formula is C8H12N2O. The highest BCUT2D eigenvalue weighted by Gasteiger charge is 2.03. The molecule has 0 saturated heterocycles. The Morgan fingerprint density at radius 2 is 2.27 bits per heavy atom. The molecule has 0 unspecified atom stereocenters. The summed E-state index contributed by atoms with van der Waals surface area (Å²) in [6.45, 7) is 4.10. The maximum atomic E-state index is 10.3. The lowest BCUT2D eigenvalue weighted by Gasteiger charge is -1.90. The molecule has 1 rings (SSSR count). The molecule has 3 nitrogen and oxygen atoms in total. The van der Waals surface area contributed by atoms with E-state index in [0.29, 0.717) is 0 Å². The van der Waals surface area contributed by atoms with Crippen LogP contribution in [0.1, 0.15) is 25.1 Å². The zero-order chi connectivity index (χ0) is 8.27. The largest absolute Gasteiger partial charge is 0.276 e. The fourth-order valence-corrected chi connectivity index (χ4v) is 1.11. The maximum absolute atomic E-state index is 10.3. The molecule has 0 amide bonds. The first-order valence-corrected chi connectivity index (χ1v) is 3.84. The first-order valence-electron chi connectivity index (χ1n) is 3.84. The van der Waals surface area contributed by atoms with Gasteiger partial charge in [-0.2, -0.15) is 5.10 Å². The second-order valence-electron chi connectivity index (χ2n) is 2.39. The van der Waals surface area contributed by atoms with Gasteiger partial charge in [0.15, 0.2) is 0 Å². The first-order chi connectivity index (χ1) is 5.31. The van der Waals surface area contributed by atoms with Gasteiger partial charge in [-0.3, -0.25) is 4.79 Å². The lowest BCUT2D eigenvalue weighted by molar-refractivity contribution is 0.540. The number of rotatable bonds is 3. The molecule has 60 valence electrons. The van der Waals surface area contributed by atoms with Crippen molar-refractivity contribution in [2.75, 3.05) is 0 Å². The lowest BCUT2D eigenvalue weighted by Crippen LogP contribution is -1.95. The Labute approximate surface area is 66.0 Å². The van der Waals surface area contributed by atoms with Crippen molar-refractivity contribution in [3.63, 3.8) is 0 Å². The Morgan fingerprint density at radius 1 is 1.55 bits per heavy atom. The average Bonchev–Trinajstić information content (AvgIpc) is 2.46. The number of aromatic nitrogens is 2. The van der Waals surface area contributed by atoms with E-state index in [0.717, 1.165) is 24.9 Å². The normalized spacial score (nSPS) is 10.0. The monoisotopic (exact) mass is 152 g/mol. The third-order valence-corrected chi connectivity index (χ3v) is 1.72. The zero-order valence-electron chi connectivity index (χ0n) is 6.87. The molecule has 1 heterocycles. The summed E-state index contributed by atoms with van der Waals surface area (Å²) >= 11 is 0. The van der Waals surface area contributed by atoms with Gasteiger partial charge in [0, 0.05) is 6.20 Å². The van der Waals surface area contributed by atoms with E-state index < -0.39 is 0 Å². The van der Waals surface area contributed by atoms with Gasteiger partial charge in [0.05, 0.1) is 5.69 Å². The van der Waals surface area contributed by atoms with Gasteiger partial charge >= 0.3 is 0 Å². The molecule has 0 saturated carbocycles. The highest BCUT2D eigenvalue weighted by molar-refractivity contribution is 5.51. The second-order valence-corrected chi connectivity index (χ2v) is 2.39. The van der Waals surface area contributed by atoms with E-state index in [1.54, 1.807) is 6.20 Å². The third kappa shape index (κ3) is 1.48. The highest BCUT2D eigenvalue weighted by atomic mass is 16.1. The minimum atomic E-state index is 0.721. The predicted molar refractivity (Wildman–Crippen MR) is 43.1 cm³/mol. The number of carbonyl (C=O) groups is 1. The number of aryl methyl sites for hydroxylation is 2. The lowest BCUT2D eigenvalue weighted by atomic mass is 10.2. The average molecular weight is 152 g/mol. The van der Waals surface area contributed by atoms with Crippen molar-refractivity contribution < 1.29 is 4.79 Å². The quantitative estimate of drug-likeness (QED) is 0.607. The molecule has 0 atom stereocenters. The van der Waals surface area contributed by atoms with Gasteiger partial charge in [-0.1, -0.05) is 13.8 Å². The molecule has 3 heteroatoms. The van der Waals surface area contributed by atoms with Crippen LogP contribution < -0.4 is 0 Å². The summed E-state index contributed by atoms with van der Waals surface area (Å²) in [6.07, 6.45) is 4.34. The van der Waals surface area contributed by atoms with E-state index in [2.05, 4.69) is 12.0 Å². The zero-order valence-corrected chi connectivity index (χ0v) is 6.87. The standard InChI is InChI=1S/C8H12N2O/c1-3-7-5-10(6-11)9-8(7)4-2/h5-6H,3-4H2,1-2H3. The molecule has 0 spiro atoms. The van der Waals surface area contributed by atoms with Crippen molar-refractivity contribution in [1.29, 1.82) is 0 Å². The smallest absolute Gasteiger partial charge is 0.234 e. The third-order valence-electron chi connectivity index (χ3n) is 1.72. The molecule has 0 aromatic carbocycles. The molecule has 0 aliphatic carbocycles. The van der Waals surface area contributed by atoms with Gasteiger partial charge in [-0.25, -0.2) is 4.68 Å². The molecule has 1 aromatic rings. The summed E-state index contributed by atoms with van der Waals surface area (Å²) in [5.74, 6) is 0. The summed E-state index contributed by atoms with van der Waals surface area (Å²) in [5, 5.41) is 4.07. The van der Waals surface area contributed by atoms with E-state index >= 15 is 0 Å². The molecule has 0 aliphatic heterocycles. The molecular weight excluding hydrogens is 140 g/mol. The molecule has 0 N–H and O–H groups in total. The van der Waals surface area contributed by atoms with Crippen LogP contribution in [0.4, 0.5) is 0 Å². The van der Waals surface area contributed by atoms with Gasteiger partial charge in [0.25, 0.3) is 0 Å². The maximum Gasteiger partial charge on any atom is 0.234 e. The van der Waals surface area contributed by atoms with Crippen molar-refractivity contribution in [2.45, 2.75) is 26.7 Å². The van der Waals surface area contributed by atoms with Crippen LogP contribution in [0, 0.1) is 0 Å². The molecule has 1 aromatic heterocycles. The van der Waals surface area contributed by atoms with Crippen LogP contribution in [-0.4, -0.2) is 16.2 Å². The second kappa shape index (κ2) is 3.32. The number of carbonyl (C=O) groups excluding carboxylic acids is 1. The van der Waals surface area contributed by atoms with Crippen molar-refractivity contribution >= 4 is 6.41 Å². The summed E-state index contributed by atoms with van der Waals surface area (Å²) in [6, 6.07) is 0. The van der Waals surface area contributed by atoms with Crippen LogP contribution >= 0.6 is 0 Å². The van der Waals surface area contributed by atoms with E-state index in [1.807, 2.05) is 6.92 Å². The Morgan fingerprint density at radius 3 is 2.64 bits per heavy atom. The van der Waals surface area contributed by atoms with Crippen LogP contribution in [0.25, 0.3) is 0 Å².